The second-order valence-corrected chi connectivity index (χ2v) is 5.09. The second-order valence-electron chi connectivity index (χ2n) is 5.09. The van der Waals surface area contributed by atoms with Crippen LogP contribution in [0, 0.1) is 11.8 Å². The molecule has 2 amide bonds. The third-order valence-corrected chi connectivity index (χ3v) is 3.04. The van der Waals surface area contributed by atoms with E-state index in [9.17, 15) is 9.59 Å². The normalized spacial score (nSPS) is 14.4. The molecule has 3 N–H and O–H groups in total. The average Bonchev–Trinajstić information content (AvgIpc) is 2.24. The van der Waals surface area contributed by atoms with Crippen molar-refractivity contribution >= 4 is 12.0 Å². The number of carbonyl (C=O) groups excluding carboxylic acids is 1. The molecule has 0 aliphatic heterocycles. The minimum absolute atomic E-state index is 0.0106. The van der Waals surface area contributed by atoms with E-state index in [1.165, 1.54) is 0 Å². The van der Waals surface area contributed by atoms with Crippen molar-refractivity contribution in [1.29, 1.82) is 0 Å². The maximum absolute atomic E-state index is 11.5. The van der Waals surface area contributed by atoms with Crippen LogP contribution in [0.15, 0.2) is 0 Å². The number of carbonyl (C=O) groups is 2. The van der Waals surface area contributed by atoms with Crippen LogP contribution in [-0.4, -0.2) is 55.2 Å². The second kappa shape index (κ2) is 7.92. The highest BCUT2D eigenvalue weighted by Gasteiger charge is 2.21. The Morgan fingerprint density at radius 2 is 1.61 bits per heavy atom. The fourth-order valence-corrected chi connectivity index (χ4v) is 1.30. The summed E-state index contributed by atoms with van der Waals surface area (Å²) < 4.78 is 0. The van der Waals surface area contributed by atoms with Crippen LogP contribution >= 0.6 is 0 Å². The van der Waals surface area contributed by atoms with E-state index in [0.717, 1.165) is 0 Å². The van der Waals surface area contributed by atoms with Crippen LogP contribution in [0.3, 0.4) is 0 Å². The van der Waals surface area contributed by atoms with Gasteiger partial charge in [0.05, 0.1) is 5.92 Å². The van der Waals surface area contributed by atoms with Gasteiger partial charge < -0.3 is 20.6 Å². The number of carboxylic acids is 1. The van der Waals surface area contributed by atoms with E-state index < -0.39 is 11.9 Å². The highest BCUT2D eigenvalue weighted by atomic mass is 16.4. The first kappa shape index (κ1) is 16.7. The Morgan fingerprint density at radius 3 is 2.00 bits per heavy atom. The molecule has 0 aromatic heterocycles. The third-order valence-electron chi connectivity index (χ3n) is 3.04. The van der Waals surface area contributed by atoms with Gasteiger partial charge in [-0.1, -0.05) is 13.8 Å². The smallest absolute Gasteiger partial charge is 0.314 e. The lowest BCUT2D eigenvalue weighted by molar-refractivity contribution is -0.142. The van der Waals surface area contributed by atoms with E-state index in [1.807, 2.05) is 39.8 Å². The van der Waals surface area contributed by atoms with Gasteiger partial charge in [-0.3, -0.25) is 4.79 Å². The molecule has 0 aromatic rings. The molecule has 6 heteroatoms. The van der Waals surface area contributed by atoms with Gasteiger partial charge in [0.25, 0.3) is 0 Å². The quantitative estimate of drug-likeness (QED) is 0.625. The highest BCUT2D eigenvalue weighted by molar-refractivity contribution is 5.75. The van der Waals surface area contributed by atoms with Crippen LogP contribution in [-0.2, 0) is 4.79 Å². The minimum Gasteiger partial charge on any atom is -0.481 e. The topological polar surface area (TPSA) is 81.7 Å². The van der Waals surface area contributed by atoms with Gasteiger partial charge in [-0.15, -0.1) is 0 Å². The summed E-state index contributed by atoms with van der Waals surface area (Å²) >= 11 is 0. The van der Waals surface area contributed by atoms with Crippen molar-refractivity contribution in [3.8, 4) is 0 Å². The molecular formula is C12H25N3O3. The van der Waals surface area contributed by atoms with Gasteiger partial charge in [0.2, 0.25) is 0 Å². The van der Waals surface area contributed by atoms with E-state index in [0.29, 0.717) is 6.54 Å². The Hall–Kier alpha value is -1.30. The molecule has 0 fully saturated rings. The molecule has 0 radical (unpaired) electrons. The van der Waals surface area contributed by atoms with E-state index in [2.05, 4.69) is 10.6 Å². The largest absolute Gasteiger partial charge is 0.481 e. The Kier molecular flexibility index (Phi) is 7.35. The number of nitrogens with zero attached hydrogens (tertiary/aromatic N) is 1. The molecule has 0 heterocycles. The zero-order valence-electron chi connectivity index (χ0n) is 11.9. The minimum atomic E-state index is -0.882. The maximum atomic E-state index is 11.5. The van der Waals surface area contributed by atoms with Crippen molar-refractivity contribution < 1.29 is 14.7 Å². The van der Waals surface area contributed by atoms with Gasteiger partial charge in [0, 0.05) is 19.1 Å². The molecule has 18 heavy (non-hydrogen) atoms. The van der Waals surface area contributed by atoms with Crippen LogP contribution in [0.1, 0.15) is 20.8 Å². The van der Waals surface area contributed by atoms with Crippen molar-refractivity contribution in [2.24, 2.45) is 11.8 Å². The Labute approximate surface area is 109 Å². The fourth-order valence-electron chi connectivity index (χ4n) is 1.30. The molecule has 0 saturated carbocycles. The van der Waals surface area contributed by atoms with E-state index in [-0.39, 0.29) is 24.5 Å². The predicted molar refractivity (Wildman–Crippen MR) is 70.5 cm³/mol. The molecule has 2 unspecified atom stereocenters. The first-order chi connectivity index (χ1) is 8.25. The number of amides is 2. The van der Waals surface area contributed by atoms with Crippen LogP contribution in [0.25, 0.3) is 0 Å². The molecule has 0 aliphatic carbocycles. The van der Waals surface area contributed by atoms with Crippen molar-refractivity contribution in [3.05, 3.63) is 0 Å². The first-order valence-corrected chi connectivity index (χ1v) is 6.16. The maximum Gasteiger partial charge on any atom is 0.314 e. The Bertz CT molecular complexity index is 280. The van der Waals surface area contributed by atoms with Crippen LogP contribution < -0.4 is 10.6 Å². The third kappa shape index (κ3) is 6.44. The lowest BCUT2D eigenvalue weighted by atomic mass is 9.96. The number of rotatable bonds is 7. The van der Waals surface area contributed by atoms with Gasteiger partial charge in [-0.2, -0.15) is 0 Å². The van der Waals surface area contributed by atoms with Gasteiger partial charge in [-0.05, 0) is 26.9 Å². The van der Waals surface area contributed by atoms with Gasteiger partial charge >= 0.3 is 12.0 Å². The Morgan fingerprint density at radius 1 is 1.11 bits per heavy atom. The van der Waals surface area contributed by atoms with Crippen molar-refractivity contribution in [1.82, 2.24) is 15.5 Å². The van der Waals surface area contributed by atoms with Gasteiger partial charge in [-0.25, -0.2) is 4.79 Å². The summed E-state index contributed by atoms with van der Waals surface area (Å²) in [7, 11) is 3.87. The molecule has 0 rings (SSSR count). The number of hydrogen-bond acceptors (Lipinski definition) is 3. The van der Waals surface area contributed by atoms with Crippen LogP contribution in [0.5, 0.6) is 0 Å². The zero-order valence-corrected chi connectivity index (χ0v) is 11.9. The summed E-state index contributed by atoms with van der Waals surface area (Å²) in [6, 6.07) is -0.0910. The van der Waals surface area contributed by atoms with Crippen molar-refractivity contribution in [2.75, 3.05) is 27.2 Å². The standard InChI is InChI=1S/C12H25N3O3/c1-8(2)10(11(16)17)7-14-12(18)13-6-9(3)15(4)5/h8-10H,6-7H2,1-5H3,(H,16,17)(H2,13,14,18). The lowest BCUT2D eigenvalue weighted by Crippen LogP contribution is -2.45. The molecule has 0 aromatic carbocycles. The molecule has 6 nitrogen and oxygen atoms in total. The average molecular weight is 259 g/mol. The van der Waals surface area contributed by atoms with Crippen molar-refractivity contribution in [2.45, 2.75) is 26.8 Å². The monoisotopic (exact) mass is 259 g/mol. The number of nitrogens with one attached hydrogen (secondary N) is 2. The SMILES string of the molecule is CC(C)C(CNC(=O)NCC(C)N(C)C)C(=O)O. The molecule has 0 aliphatic rings. The summed E-state index contributed by atoms with van der Waals surface area (Å²) in [6.07, 6.45) is 0. The molecule has 2 atom stereocenters. The Balaban J connectivity index is 3.99. The summed E-state index contributed by atoms with van der Waals surface area (Å²) in [6.45, 7) is 6.32. The molecule has 0 bridgehead atoms. The number of urea groups is 1. The first-order valence-electron chi connectivity index (χ1n) is 6.16. The summed E-state index contributed by atoms with van der Waals surface area (Å²) in [5.74, 6) is -1.45. The van der Waals surface area contributed by atoms with E-state index in [4.69, 9.17) is 5.11 Å². The summed E-state index contributed by atoms with van der Waals surface area (Å²) in [4.78, 5) is 24.4. The number of carboxylic acid groups (broad SMARTS) is 1. The van der Waals surface area contributed by atoms with Gasteiger partial charge in [0.1, 0.15) is 0 Å². The number of hydrogen-bond donors (Lipinski definition) is 3. The number of aliphatic carboxylic acids is 1. The van der Waals surface area contributed by atoms with Crippen LogP contribution in [0.4, 0.5) is 4.79 Å². The number of likely N-dealkylation sites (N-methyl/N-ethyl adjacent to an activating group) is 1. The lowest BCUT2D eigenvalue weighted by Gasteiger charge is -2.21. The molecule has 0 spiro atoms. The summed E-state index contributed by atoms with van der Waals surface area (Å²) in [5.41, 5.74) is 0. The summed E-state index contributed by atoms with van der Waals surface area (Å²) in [5, 5.41) is 14.3. The molecular weight excluding hydrogens is 234 g/mol. The zero-order chi connectivity index (χ0) is 14.3. The predicted octanol–water partition coefficient (Wildman–Crippen LogP) is 0.593. The van der Waals surface area contributed by atoms with E-state index >= 15 is 0 Å². The van der Waals surface area contributed by atoms with Crippen LogP contribution in [0.2, 0.25) is 0 Å². The van der Waals surface area contributed by atoms with Gasteiger partial charge in [0.15, 0.2) is 0 Å². The highest BCUT2D eigenvalue weighted by Crippen LogP contribution is 2.09. The fraction of sp³-hybridized carbons (Fsp3) is 0.833. The van der Waals surface area contributed by atoms with E-state index in [1.54, 1.807) is 0 Å². The molecule has 106 valence electrons. The van der Waals surface area contributed by atoms with Crippen molar-refractivity contribution in [3.63, 3.8) is 0 Å². The molecule has 0 saturated heterocycles.